The van der Waals surface area contributed by atoms with E-state index < -0.39 is 0 Å². The van der Waals surface area contributed by atoms with Crippen LogP contribution < -0.4 is 0 Å². The van der Waals surface area contributed by atoms with E-state index in [-0.39, 0.29) is 0 Å². The quantitative estimate of drug-likeness (QED) is 0.137. The molecule has 0 aliphatic carbocycles. The van der Waals surface area contributed by atoms with E-state index in [0.29, 0.717) is 5.82 Å². The van der Waals surface area contributed by atoms with Crippen LogP contribution in [-0.4, -0.2) is 14.5 Å². The van der Waals surface area contributed by atoms with Crippen molar-refractivity contribution in [2.45, 2.75) is 0 Å². The Morgan fingerprint density at radius 2 is 0.548 bits per heavy atom. The molecule has 3 heteroatoms. The zero-order valence-corrected chi connectivity index (χ0v) is 40.0. The molecule has 342 valence electrons. The second-order valence-electron chi connectivity index (χ2n) is 18.6. The average molecular weight is 930 g/mol. The summed E-state index contributed by atoms with van der Waals surface area (Å²) in [6.45, 7) is 0. The molecule has 0 N–H and O–H groups in total. The minimum absolute atomic E-state index is 0.665. The first-order valence-corrected chi connectivity index (χ1v) is 24.9. The monoisotopic (exact) mass is 929 g/mol. The maximum Gasteiger partial charge on any atom is 0.160 e. The van der Waals surface area contributed by atoms with Crippen LogP contribution in [0.2, 0.25) is 0 Å². The summed E-state index contributed by atoms with van der Waals surface area (Å²) in [7, 11) is 0. The molecular formula is C70H47N3. The van der Waals surface area contributed by atoms with E-state index in [1.54, 1.807) is 0 Å². The molecule has 0 radical (unpaired) electrons. The molecule has 0 amide bonds. The van der Waals surface area contributed by atoms with Gasteiger partial charge in [0.15, 0.2) is 5.82 Å². The van der Waals surface area contributed by atoms with Gasteiger partial charge in [0.1, 0.15) is 0 Å². The highest BCUT2D eigenvalue weighted by Gasteiger charge is 2.17. The zero-order valence-electron chi connectivity index (χ0n) is 40.0. The van der Waals surface area contributed by atoms with E-state index in [1.807, 2.05) is 0 Å². The van der Waals surface area contributed by atoms with Crippen LogP contribution in [0.15, 0.2) is 285 Å². The van der Waals surface area contributed by atoms with Crippen LogP contribution >= 0.6 is 0 Å². The second kappa shape index (κ2) is 18.9. The van der Waals surface area contributed by atoms with Gasteiger partial charge in [-0.2, -0.15) is 0 Å². The zero-order chi connectivity index (χ0) is 48.5. The molecule has 11 aromatic carbocycles. The van der Waals surface area contributed by atoms with E-state index in [4.69, 9.17) is 9.97 Å². The summed E-state index contributed by atoms with van der Waals surface area (Å²) >= 11 is 0. The summed E-state index contributed by atoms with van der Waals surface area (Å²) in [4.78, 5) is 10.8. The smallest absolute Gasteiger partial charge is 0.160 e. The molecule has 2 heterocycles. The molecule has 2 aromatic heterocycles. The molecule has 3 nitrogen and oxygen atoms in total. The summed E-state index contributed by atoms with van der Waals surface area (Å²) in [5.41, 5.74) is 22.2. The molecule has 0 aliphatic heterocycles. The highest BCUT2D eigenvalue weighted by atomic mass is 15.0. The molecule has 0 bridgehead atoms. The van der Waals surface area contributed by atoms with E-state index in [9.17, 15) is 0 Å². The summed E-state index contributed by atoms with van der Waals surface area (Å²) in [5.74, 6) is 0.665. The third kappa shape index (κ3) is 8.60. The van der Waals surface area contributed by atoms with E-state index in [2.05, 4.69) is 290 Å². The van der Waals surface area contributed by atoms with Gasteiger partial charge in [-0.15, -0.1) is 0 Å². The first kappa shape index (κ1) is 43.3. The number of rotatable bonds is 10. The molecule has 0 saturated heterocycles. The fraction of sp³-hybridized carbons (Fsp3) is 0. The van der Waals surface area contributed by atoms with Crippen molar-refractivity contribution in [3.63, 3.8) is 0 Å². The minimum atomic E-state index is 0.665. The van der Waals surface area contributed by atoms with Gasteiger partial charge in [-0.25, -0.2) is 9.97 Å². The van der Waals surface area contributed by atoms with Crippen molar-refractivity contribution < 1.29 is 0 Å². The fourth-order valence-electron chi connectivity index (χ4n) is 10.3. The van der Waals surface area contributed by atoms with Crippen LogP contribution in [0, 0.1) is 0 Å². The van der Waals surface area contributed by atoms with Gasteiger partial charge in [-0.05, 0) is 115 Å². The van der Waals surface area contributed by atoms with Gasteiger partial charge < -0.3 is 4.57 Å². The molecule has 0 saturated carbocycles. The molecule has 0 spiro atoms. The molecule has 0 atom stereocenters. The number of nitrogens with zero attached hydrogens (tertiary/aromatic N) is 3. The Kier molecular flexibility index (Phi) is 11.2. The third-order valence-electron chi connectivity index (χ3n) is 14.0. The normalized spacial score (nSPS) is 11.3. The Hall–Kier alpha value is -9.70. The van der Waals surface area contributed by atoms with Gasteiger partial charge in [-0.3, -0.25) is 0 Å². The van der Waals surface area contributed by atoms with Crippen LogP contribution in [0.1, 0.15) is 0 Å². The predicted octanol–water partition coefficient (Wildman–Crippen LogP) is 18.6. The lowest BCUT2D eigenvalue weighted by atomic mass is 9.95. The lowest BCUT2D eigenvalue weighted by Gasteiger charge is -2.13. The molecule has 0 aliphatic rings. The van der Waals surface area contributed by atoms with Gasteiger partial charge in [0.05, 0.1) is 22.4 Å². The number of benzene rings is 11. The SMILES string of the molecule is c1ccc(-c2cccc(-c3ccc(-c4cc(-c5ccc(-c6cccc(-c7cccc(-c8ccccc8)c7)c6)cc5)nc(-c5ccc6c7ccccc7n(-c7cccc(-c8ccccc8)c7)c6c5)n4)cc3)c2)cc1. The topological polar surface area (TPSA) is 30.7 Å². The highest BCUT2D eigenvalue weighted by Crippen LogP contribution is 2.38. The molecular weight excluding hydrogens is 883 g/mol. The van der Waals surface area contributed by atoms with Crippen molar-refractivity contribution in [3.05, 3.63) is 285 Å². The van der Waals surface area contributed by atoms with E-state index in [1.165, 1.54) is 60.8 Å². The standard InChI is InChI=1S/C70H47N3/c1-4-16-48(17-5-1)55-22-12-24-57(42-55)51-32-36-53(37-33-51)66-47-67(54-38-34-52(35-39-54)58-25-14-27-60(44-58)59-26-13-23-56(43-59)49-18-6-2-7-19-49)72-70(71-66)62-40-41-65-64-30-10-11-31-68(64)73(69(65)46-62)63-29-15-28-61(45-63)50-20-8-3-9-21-50/h1-47H. The van der Waals surface area contributed by atoms with Crippen molar-refractivity contribution in [3.8, 4) is 106 Å². The largest absolute Gasteiger partial charge is 0.309 e. The summed E-state index contributed by atoms with van der Waals surface area (Å²) in [5, 5.41) is 2.38. The minimum Gasteiger partial charge on any atom is -0.309 e. The van der Waals surface area contributed by atoms with Gasteiger partial charge in [0.2, 0.25) is 0 Å². The van der Waals surface area contributed by atoms with Crippen molar-refractivity contribution >= 4 is 21.8 Å². The number of hydrogen-bond donors (Lipinski definition) is 0. The Bertz CT molecular complexity index is 4100. The van der Waals surface area contributed by atoms with Crippen molar-refractivity contribution in [2.24, 2.45) is 0 Å². The second-order valence-corrected chi connectivity index (χ2v) is 18.6. The Balaban J connectivity index is 0.901. The number of aromatic nitrogens is 3. The first-order valence-electron chi connectivity index (χ1n) is 24.9. The van der Waals surface area contributed by atoms with Crippen LogP contribution in [-0.2, 0) is 0 Å². The number of hydrogen-bond acceptors (Lipinski definition) is 2. The van der Waals surface area contributed by atoms with Gasteiger partial charge >= 0.3 is 0 Å². The number of fused-ring (bicyclic) bond motifs is 3. The van der Waals surface area contributed by atoms with Crippen LogP contribution in [0.25, 0.3) is 128 Å². The third-order valence-corrected chi connectivity index (χ3v) is 14.0. The maximum absolute atomic E-state index is 5.39. The summed E-state index contributed by atoms with van der Waals surface area (Å²) in [6, 6.07) is 102. The summed E-state index contributed by atoms with van der Waals surface area (Å²) < 4.78 is 2.38. The van der Waals surface area contributed by atoms with Crippen LogP contribution in [0.4, 0.5) is 0 Å². The number of para-hydroxylation sites is 1. The predicted molar refractivity (Wildman–Crippen MR) is 305 cm³/mol. The average Bonchev–Trinajstić information content (AvgIpc) is 3.82. The highest BCUT2D eigenvalue weighted by molar-refractivity contribution is 6.10. The van der Waals surface area contributed by atoms with Crippen molar-refractivity contribution in [1.82, 2.24) is 14.5 Å². The lowest BCUT2D eigenvalue weighted by Crippen LogP contribution is -1.97. The first-order chi connectivity index (χ1) is 36.1. The lowest BCUT2D eigenvalue weighted by molar-refractivity contribution is 1.17. The molecule has 0 fully saturated rings. The molecule has 0 unspecified atom stereocenters. The van der Waals surface area contributed by atoms with E-state index >= 15 is 0 Å². The maximum atomic E-state index is 5.39. The Labute approximate surface area is 425 Å². The molecule has 73 heavy (non-hydrogen) atoms. The van der Waals surface area contributed by atoms with Gasteiger partial charge in [0, 0.05) is 33.2 Å². The Morgan fingerprint density at radius 3 is 1.03 bits per heavy atom. The molecule has 13 aromatic rings. The van der Waals surface area contributed by atoms with Crippen molar-refractivity contribution in [2.75, 3.05) is 0 Å². The summed E-state index contributed by atoms with van der Waals surface area (Å²) in [6.07, 6.45) is 0. The van der Waals surface area contributed by atoms with Crippen LogP contribution in [0.5, 0.6) is 0 Å². The van der Waals surface area contributed by atoms with Gasteiger partial charge in [-0.1, -0.05) is 237 Å². The van der Waals surface area contributed by atoms with Gasteiger partial charge in [0.25, 0.3) is 0 Å². The van der Waals surface area contributed by atoms with Crippen molar-refractivity contribution in [1.29, 1.82) is 0 Å². The fourth-order valence-corrected chi connectivity index (χ4v) is 10.3. The van der Waals surface area contributed by atoms with Crippen LogP contribution in [0.3, 0.4) is 0 Å². The van der Waals surface area contributed by atoms with E-state index in [0.717, 1.165) is 61.5 Å². The Morgan fingerprint density at radius 1 is 0.205 bits per heavy atom. The molecule has 13 rings (SSSR count).